The van der Waals surface area contributed by atoms with Crippen LogP contribution in [0.2, 0.25) is 0 Å². The van der Waals surface area contributed by atoms with E-state index in [1.165, 1.54) is 16.1 Å². The van der Waals surface area contributed by atoms with Crippen LogP contribution in [0.15, 0.2) is 24.3 Å². The molecule has 0 atom stereocenters. The molecule has 0 aliphatic rings. The van der Waals surface area contributed by atoms with Crippen molar-refractivity contribution in [1.82, 2.24) is 10.3 Å². The van der Waals surface area contributed by atoms with Gasteiger partial charge in [-0.25, -0.2) is 4.98 Å². The number of rotatable bonds is 7. The normalized spacial score (nSPS) is 10.7. The van der Waals surface area contributed by atoms with Crippen molar-refractivity contribution in [1.29, 1.82) is 0 Å². The van der Waals surface area contributed by atoms with Gasteiger partial charge in [-0.3, -0.25) is 0 Å². The van der Waals surface area contributed by atoms with Gasteiger partial charge in [-0.2, -0.15) is 0 Å². The number of nitrogens with one attached hydrogen (secondary N) is 1. The summed E-state index contributed by atoms with van der Waals surface area (Å²) in [5.74, 6) is 0.894. The van der Waals surface area contributed by atoms with Crippen molar-refractivity contribution in [2.45, 2.75) is 26.4 Å². The zero-order chi connectivity index (χ0) is 15.2. The molecule has 0 spiro atoms. The third-order valence-corrected chi connectivity index (χ3v) is 4.53. The Labute approximate surface area is 130 Å². The number of ether oxygens (including phenoxy) is 1. The molecule has 2 rings (SSSR count). The zero-order valence-electron chi connectivity index (χ0n) is 13.1. The van der Waals surface area contributed by atoms with Gasteiger partial charge in [-0.1, -0.05) is 19.1 Å². The predicted molar refractivity (Wildman–Crippen MR) is 89.4 cm³/mol. The lowest BCUT2D eigenvalue weighted by atomic mass is 10.2. The Hall–Kier alpha value is -1.59. The molecular formula is C16H23N3OS. The largest absolute Gasteiger partial charge is 0.497 e. The summed E-state index contributed by atoms with van der Waals surface area (Å²) >= 11 is 1.77. The Morgan fingerprint density at radius 2 is 2.19 bits per heavy atom. The molecule has 0 unspecified atom stereocenters. The van der Waals surface area contributed by atoms with E-state index in [0.717, 1.165) is 30.4 Å². The molecule has 0 amide bonds. The molecule has 114 valence electrons. The molecule has 0 aliphatic carbocycles. The fourth-order valence-electron chi connectivity index (χ4n) is 2.22. The molecule has 1 heterocycles. The molecule has 0 bridgehead atoms. The number of aryl methyl sites for hydroxylation is 1. The van der Waals surface area contributed by atoms with E-state index in [0.29, 0.717) is 0 Å². The number of thiazole rings is 1. The molecule has 0 saturated carbocycles. The first-order valence-electron chi connectivity index (χ1n) is 7.15. The number of hydrogen-bond acceptors (Lipinski definition) is 5. The molecule has 0 fully saturated rings. The van der Waals surface area contributed by atoms with Crippen LogP contribution in [-0.4, -0.2) is 26.2 Å². The van der Waals surface area contributed by atoms with Crippen molar-refractivity contribution in [2.75, 3.05) is 26.1 Å². The summed E-state index contributed by atoms with van der Waals surface area (Å²) in [5.41, 5.74) is 2.42. The van der Waals surface area contributed by atoms with E-state index in [1.807, 2.05) is 19.2 Å². The summed E-state index contributed by atoms with van der Waals surface area (Å²) in [6.45, 7) is 3.86. The highest BCUT2D eigenvalue weighted by atomic mass is 32.1. The van der Waals surface area contributed by atoms with Gasteiger partial charge in [-0.15, -0.1) is 11.3 Å². The molecular weight excluding hydrogens is 282 g/mol. The SMILES string of the molecule is CCc1nc(N(C)Cc2cccc(OC)c2)sc1CNC. The standard InChI is InChI=1S/C16H23N3OS/c1-5-14-15(10-17-2)21-16(18-14)19(3)11-12-7-6-8-13(9-12)20-4/h6-9,17H,5,10-11H2,1-4H3. The van der Waals surface area contributed by atoms with E-state index in [9.17, 15) is 0 Å². The van der Waals surface area contributed by atoms with Crippen molar-refractivity contribution in [2.24, 2.45) is 0 Å². The first-order valence-corrected chi connectivity index (χ1v) is 7.96. The molecule has 1 N–H and O–H groups in total. The number of aromatic nitrogens is 1. The molecule has 1 aromatic carbocycles. The highest BCUT2D eigenvalue weighted by Gasteiger charge is 2.12. The summed E-state index contributed by atoms with van der Waals surface area (Å²) in [7, 11) is 5.75. The molecule has 2 aromatic rings. The van der Waals surface area contributed by atoms with Gasteiger partial charge in [-0.05, 0) is 31.2 Å². The summed E-state index contributed by atoms with van der Waals surface area (Å²) in [6.07, 6.45) is 0.973. The number of methoxy groups -OCH3 is 1. The third-order valence-electron chi connectivity index (χ3n) is 3.32. The van der Waals surface area contributed by atoms with Crippen LogP contribution in [0.5, 0.6) is 5.75 Å². The molecule has 0 aliphatic heterocycles. The fourth-order valence-corrected chi connectivity index (χ4v) is 3.34. The van der Waals surface area contributed by atoms with E-state index in [2.05, 4.69) is 36.3 Å². The van der Waals surface area contributed by atoms with Gasteiger partial charge >= 0.3 is 0 Å². The van der Waals surface area contributed by atoms with Crippen molar-refractivity contribution in [3.05, 3.63) is 40.4 Å². The lowest BCUT2D eigenvalue weighted by molar-refractivity contribution is 0.414. The summed E-state index contributed by atoms with van der Waals surface area (Å²) in [4.78, 5) is 8.28. The maximum Gasteiger partial charge on any atom is 0.185 e. The minimum atomic E-state index is 0.826. The van der Waals surface area contributed by atoms with E-state index >= 15 is 0 Å². The van der Waals surface area contributed by atoms with Crippen LogP contribution in [0.1, 0.15) is 23.1 Å². The molecule has 5 heteroatoms. The van der Waals surface area contributed by atoms with Crippen LogP contribution in [0.3, 0.4) is 0 Å². The molecule has 0 saturated heterocycles. The van der Waals surface area contributed by atoms with E-state index in [1.54, 1.807) is 18.4 Å². The van der Waals surface area contributed by atoms with Gasteiger partial charge in [0.05, 0.1) is 12.8 Å². The van der Waals surface area contributed by atoms with E-state index in [4.69, 9.17) is 9.72 Å². The van der Waals surface area contributed by atoms with Gasteiger partial charge in [0.25, 0.3) is 0 Å². The molecule has 1 aromatic heterocycles. The smallest absolute Gasteiger partial charge is 0.185 e. The topological polar surface area (TPSA) is 37.4 Å². The third kappa shape index (κ3) is 3.95. The first-order chi connectivity index (χ1) is 10.2. The molecule has 0 radical (unpaired) electrons. The highest BCUT2D eigenvalue weighted by molar-refractivity contribution is 7.15. The molecule has 4 nitrogen and oxygen atoms in total. The Bertz CT molecular complexity index is 583. The minimum Gasteiger partial charge on any atom is -0.497 e. The van der Waals surface area contributed by atoms with Gasteiger partial charge in [0.1, 0.15) is 5.75 Å². The summed E-state index contributed by atoms with van der Waals surface area (Å²) < 4.78 is 5.27. The molecule has 21 heavy (non-hydrogen) atoms. The maximum absolute atomic E-state index is 5.27. The Kier molecular flexibility index (Phi) is 5.59. The van der Waals surface area contributed by atoms with Crippen LogP contribution in [0.25, 0.3) is 0 Å². The average molecular weight is 305 g/mol. The van der Waals surface area contributed by atoms with Crippen molar-refractivity contribution in [3.63, 3.8) is 0 Å². The predicted octanol–water partition coefficient (Wildman–Crippen LogP) is 3.07. The van der Waals surface area contributed by atoms with Crippen LogP contribution >= 0.6 is 11.3 Å². The number of nitrogens with zero attached hydrogens (tertiary/aromatic N) is 2. The van der Waals surface area contributed by atoms with Crippen molar-refractivity contribution in [3.8, 4) is 5.75 Å². The second-order valence-corrected chi connectivity index (χ2v) is 6.02. The lowest BCUT2D eigenvalue weighted by Gasteiger charge is -2.16. The number of anilines is 1. The van der Waals surface area contributed by atoms with Gasteiger partial charge in [0.15, 0.2) is 5.13 Å². The van der Waals surface area contributed by atoms with Crippen LogP contribution < -0.4 is 15.0 Å². The lowest BCUT2D eigenvalue weighted by Crippen LogP contribution is -2.16. The van der Waals surface area contributed by atoms with Crippen molar-refractivity contribution < 1.29 is 4.74 Å². The summed E-state index contributed by atoms with van der Waals surface area (Å²) in [6, 6.07) is 8.17. The van der Waals surface area contributed by atoms with Crippen molar-refractivity contribution >= 4 is 16.5 Å². The van der Waals surface area contributed by atoms with Crippen LogP contribution in [-0.2, 0) is 19.5 Å². The fraction of sp³-hybridized carbons (Fsp3) is 0.438. The second kappa shape index (κ2) is 7.43. The zero-order valence-corrected chi connectivity index (χ0v) is 14.0. The van der Waals surface area contributed by atoms with E-state index < -0.39 is 0 Å². The maximum atomic E-state index is 5.27. The van der Waals surface area contributed by atoms with Gasteiger partial charge in [0, 0.05) is 25.0 Å². The first kappa shape index (κ1) is 15.8. The highest BCUT2D eigenvalue weighted by Crippen LogP contribution is 2.27. The Morgan fingerprint density at radius 3 is 2.86 bits per heavy atom. The average Bonchev–Trinajstić information content (AvgIpc) is 2.91. The van der Waals surface area contributed by atoms with Crippen LogP contribution in [0.4, 0.5) is 5.13 Å². The summed E-state index contributed by atoms with van der Waals surface area (Å²) in [5, 5.41) is 4.28. The number of benzene rings is 1. The second-order valence-electron chi connectivity index (χ2n) is 4.96. The minimum absolute atomic E-state index is 0.826. The monoisotopic (exact) mass is 305 g/mol. The Balaban J connectivity index is 2.13. The van der Waals surface area contributed by atoms with E-state index in [-0.39, 0.29) is 0 Å². The Morgan fingerprint density at radius 1 is 1.38 bits per heavy atom. The number of hydrogen-bond donors (Lipinski definition) is 1. The van der Waals surface area contributed by atoms with Crippen LogP contribution in [0, 0.1) is 0 Å². The quantitative estimate of drug-likeness (QED) is 0.853. The van der Waals surface area contributed by atoms with Gasteiger partial charge < -0.3 is 15.0 Å². The van der Waals surface area contributed by atoms with Gasteiger partial charge in [0.2, 0.25) is 0 Å².